The maximum Gasteiger partial charge on any atom is 0.289 e. The van der Waals surface area contributed by atoms with Crippen LogP contribution in [0.1, 0.15) is 34.9 Å². The molecule has 1 aromatic heterocycles. The van der Waals surface area contributed by atoms with E-state index in [0.29, 0.717) is 28.1 Å². The second-order valence-corrected chi connectivity index (χ2v) is 6.64. The molecule has 150 valence electrons. The van der Waals surface area contributed by atoms with Crippen molar-refractivity contribution in [1.29, 1.82) is 10.5 Å². The number of carboxylic acids is 1. The van der Waals surface area contributed by atoms with Crippen molar-refractivity contribution in [2.75, 3.05) is 19.5 Å². The third-order valence-electron chi connectivity index (χ3n) is 4.90. The minimum Gasteiger partial charge on any atom is -0.546 e. The highest BCUT2D eigenvalue weighted by Gasteiger charge is 2.32. The first kappa shape index (κ1) is 20.4. The zero-order valence-corrected chi connectivity index (χ0v) is 16.6. The molecule has 1 aromatic carbocycles. The van der Waals surface area contributed by atoms with Gasteiger partial charge in [-0.25, -0.2) is 4.98 Å². The number of carboxylic acid groups (broad SMARTS) is 1. The summed E-state index contributed by atoms with van der Waals surface area (Å²) in [6.07, 6.45) is 1.86. The summed E-state index contributed by atoms with van der Waals surface area (Å²) in [6.45, 7) is 3.03. The maximum atomic E-state index is 10.6. The highest BCUT2D eigenvalue weighted by molar-refractivity contribution is 6.07. The van der Waals surface area contributed by atoms with E-state index in [2.05, 4.69) is 17.1 Å². The number of aliphatic carboxylic acids is 1. The summed E-state index contributed by atoms with van der Waals surface area (Å²) in [5.41, 5.74) is 11.0. The number of hydrogen-bond acceptors (Lipinski definition) is 7. The second-order valence-electron chi connectivity index (χ2n) is 6.64. The second kappa shape index (κ2) is 7.98. The monoisotopic (exact) mass is 402 g/mol. The lowest BCUT2D eigenvalue weighted by molar-refractivity contribution is -0.364. The number of nitriles is 2. The SMILES string of the molecule is COc1cc(C=C2C(C)=C(C#N)c3[nH+]c(N)c(C#N)c(C)c32)ccc1OCC(=O)[O-]. The lowest BCUT2D eigenvalue weighted by Gasteiger charge is -2.12. The number of carbonyl (C=O) groups is 1. The number of hydrogen-bond donors (Lipinski definition) is 1. The zero-order valence-electron chi connectivity index (χ0n) is 16.6. The molecule has 8 nitrogen and oxygen atoms in total. The number of ether oxygens (including phenoxy) is 2. The molecular weight excluding hydrogens is 384 g/mol. The highest BCUT2D eigenvalue weighted by atomic mass is 16.5. The summed E-state index contributed by atoms with van der Waals surface area (Å²) in [7, 11) is 1.45. The molecule has 0 atom stereocenters. The minimum atomic E-state index is -1.34. The van der Waals surface area contributed by atoms with Gasteiger partial charge in [-0.15, -0.1) is 0 Å². The van der Waals surface area contributed by atoms with Gasteiger partial charge in [0, 0.05) is 5.56 Å². The van der Waals surface area contributed by atoms with E-state index in [0.717, 1.165) is 22.3 Å². The van der Waals surface area contributed by atoms with E-state index in [1.165, 1.54) is 7.11 Å². The topological polar surface area (TPSA) is 146 Å². The Bertz CT molecular complexity index is 1210. The molecule has 0 unspecified atom stereocenters. The van der Waals surface area contributed by atoms with Crippen molar-refractivity contribution in [3.63, 3.8) is 0 Å². The number of carbonyl (C=O) groups excluding carboxylic acids is 1. The van der Waals surface area contributed by atoms with Crippen molar-refractivity contribution in [3.8, 4) is 23.6 Å². The fraction of sp³-hybridized carbons (Fsp3) is 0.182. The van der Waals surface area contributed by atoms with Crippen LogP contribution in [0.5, 0.6) is 11.5 Å². The lowest BCUT2D eigenvalue weighted by Crippen LogP contribution is -2.29. The van der Waals surface area contributed by atoms with E-state index in [-0.39, 0.29) is 11.6 Å². The maximum absolute atomic E-state index is 10.6. The molecule has 0 aliphatic heterocycles. The standard InChI is InChI=1S/C22H18N4O4/c1-11-14(6-13-4-5-17(18(7-13)29-3)30-10-19(27)28)20-12(2)16(9-24)22(25)26-21(20)15(11)8-23/h4-7H,10H2,1-3H3,(H2,25,26)(H,27,28). The number of pyridine rings is 1. The van der Waals surface area contributed by atoms with Gasteiger partial charge in [0.25, 0.3) is 5.82 Å². The third-order valence-corrected chi connectivity index (χ3v) is 4.90. The normalized spacial score (nSPS) is 13.6. The van der Waals surface area contributed by atoms with Gasteiger partial charge in [0.05, 0.1) is 13.1 Å². The van der Waals surface area contributed by atoms with Gasteiger partial charge in [0.2, 0.25) is 0 Å². The van der Waals surface area contributed by atoms with E-state index in [1.54, 1.807) is 25.1 Å². The van der Waals surface area contributed by atoms with Crippen LogP contribution in [0.3, 0.4) is 0 Å². The van der Waals surface area contributed by atoms with Crippen LogP contribution in [0.15, 0.2) is 23.8 Å². The molecule has 30 heavy (non-hydrogen) atoms. The van der Waals surface area contributed by atoms with Crippen LogP contribution in [0.25, 0.3) is 17.2 Å². The Labute approximate surface area is 173 Å². The Morgan fingerprint density at radius 1 is 1.27 bits per heavy atom. The van der Waals surface area contributed by atoms with Crippen molar-refractivity contribution >= 4 is 29.0 Å². The van der Waals surface area contributed by atoms with Crippen LogP contribution in [-0.2, 0) is 4.79 Å². The Morgan fingerprint density at radius 3 is 2.60 bits per heavy atom. The minimum absolute atomic E-state index is 0.214. The Kier molecular flexibility index (Phi) is 5.43. The molecule has 1 aliphatic rings. The smallest absolute Gasteiger partial charge is 0.289 e. The third kappa shape index (κ3) is 3.43. The quantitative estimate of drug-likeness (QED) is 0.791. The molecule has 8 heteroatoms. The molecule has 0 bridgehead atoms. The van der Waals surface area contributed by atoms with Crippen LogP contribution in [0.2, 0.25) is 0 Å². The number of aromatic nitrogens is 1. The lowest BCUT2D eigenvalue weighted by atomic mass is 9.95. The molecular formula is C22H18N4O4. The van der Waals surface area contributed by atoms with E-state index >= 15 is 0 Å². The van der Waals surface area contributed by atoms with Crippen molar-refractivity contribution in [2.24, 2.45) is 0 Å². The number of nitrogens with two attached hydrogens (primary N) is 1. The number of aromatic amines is 1. The van der Waals surface area contributed by atoms with E-state index in [1.807, 2.05) is 13.0 Å². The fourth-order valence-corrected chi connectivity index (χ4v) is 3.47. The first-order chi connectivity index (χ1) is 14.3. The molecule has 0 saturated carbocycles. The number of nitrogens with one attached hydrogen (secondary N) is 1. The number of H-pyrrole nitrogens is 1. The molecule has 2 aromatic rings. The van der Waals surface area contributed by atoms with Gasteiger partial charge < -0.3 is 19.4 Å². The number of allylic oxidation sites excluding steroid dienone is 3. The van der Waals surface area contributed by atoms with Gasteiger partial charge >= 0.3 is 0 Å². The molecule has 0 amide bonds. The molecule has 3 rings (SSSR count). The summed E-state index contributed by atoms with van der Waals surface area (Å²) >= 11 is 0. The molecule has 1 aliphatic carbocycles. The van der Waals surface area contributed by atoms with Gasteiger partial charge in [0.15, 0.2) is 17.2 Å². The first-order valence-electron chi connectivity index (χ1n) is 8.92. The zero-order chi connectivity index (χ0) is 22.0. The summed E-state index contributed by atoms with van der Waals surface area (Å²) in [5, 5.41) is 29.7. The van der Waals surface area contributed by atoms with Gasteiger partial charge in [-0.05, 0) is 54.3 Å². The number of fused-ring (bicyclic) bond motifs is 1. The molecule has 1 heterocycles. The Morgan fingerprint density at radius 2 is 2.00 bits per heavy atom. The number of nitrogen functional groups attached to an aromatic ring is 1. The summed E-state index contributed by atoms with van der Waals surface area (Å²) < 4.78 is 10.5. The summed E-state index contributed by atoms with van der Waals surface area (Å²) in [4.78, 5) is 13.6. The van der Waals surface area contributed by atoms with Crippen LogP contribution in [-0.4, -0.2) is 19.7 Å². The molecule has 0 radical (unpaired) electrons. The first-order valence-corrected chi connectivity index (χ1v) is 8.92. The number of nitrogens with zero attached hydrogens (tertiary/aromatic N) is 2. The summed E-state index contributed by atoms with van der Waals surface area (Å²) in [5.74, 6) is -0.504. The number of benzene rings is 1. The van der Waals surface area contributed by atoms with Crippen LogP contribution < -0.4 is 25.3 Å². The van der Waals surface area contributed by atoms with Gasteiger partial charge in [-0.3, -0.25) is 5.73 Å². The van der Waals surface area contributed by atoms with Gasteiger partial charge in [0.1, 0.15) is 29.9 Å². The van der Waals surface area contributed by atoms with Crippen molar-refractivity contribution in [1.82, 2.24) is 0 Å². The molecule has 3 N–H and O–H groups in total. The highest BCUT2D eigenvalue weighted by Crippen LogP contribution is 2.43. The van der Waals surface area contributed by atoms with E-state index in [9.17, 15) is 20.4 Å². The Hall–Kier alpha value is -4.30. The van der Waals surface area contributed by atoms with Crippen LogP contribution in [0, 0.1) is 29.6 Å². The summed E-state index contributed by atoms with van der Waals surface area (Å²) in [6, 6.07) is 9.32. The fourth-order valence-electron chi connectivity index (χ4n) is 3.47. The van der Waals surface area contributed by atoms with Crippen LogP contribution in [0.4, 0.5) is 5.82 Å². The van der Waals surface area contributed by atoms with Gasteiger partial charge in [-0.2, -0.15) is 10.5 Å². The number of methoxy groups -OCH3 is 1. The largest absolute Gasteiger partial charge is 0.546 e. The molecule has 0 saturated heterocycles. The molecule has 0 fully saturated rings. The Balaban J connectivity index is 2.15. The van der Waals surface area contributed by atoms with E-state index in [4.69, 9.17) is 15.2 Å². The predicted octanol–water partition coefficient (Wildman–Crippen LogP) is 1.25. The number of anilines is 1. The van der Waals surface area contributed by atoms with Gasteiger partial charge in [-0.1, -0.05) is 6.07 Å². The van der Waals surface area contributed by atoms with Crippen molar-refractivity contribution in [3.05, 3.63) is 51.7 Å². The molecule has 0 spiro atoms. The van der Waals surface area contributed by atoms with E-state index < -0.39 is 12.6 Å². The average Bonchev–Trinajstić information content (AvgIpc) is 2.97. The predicted molar refractivity (Wildman–Crippen MR) is 106 cm³/mol. The number of rotatable bonds is 5. The van der Waals surface area contributed by atoms with Crippen molar-refractivity contribution in [2.45, 2.75) is 13.8 Å². The average molecular weight is 402 g/mol. The van der Waals surface area contributed by atoms with Crippen molar-refractivity contribution < 1.29 is 24.4 Å². The van der Waals surface area contributed by atoms with Crippen LogP contribution >= 0.6 is 0 Å².